The summed E-state index contributed by atoms with van der Waals surface area (Å²) in [4.78, 5) is 11.6. The molecule has 0 saturated carbocycles. The number of furan rings is 1. The number of hydrogen-bond acceptors (Lipinski definition) is 5. The maximum Gasteiger partial charge on any atom is 0.349 e. The normalized spacial score (nSPS) is 11.1. The predicted molar refractivity (Wildman–Crippen MR) is 94.7 cm³/mol. The van der Waals surface area contributed by atoms with Crippen LogP contribution in [0.3, 0.4) is 0 Å². The molecule has 0 radical (unpaired) electrons. The largest absolute Gasteiger partial charge is 0.483 e. The van der Waals surface area contributed by atoms with Crippen LogP contribution in [0.15, 0.2) is 34.3 Å². The van der Waals surface area contributed by atoms with Gasteiger partial charge in [0.2, 0.25) is 0 Å². The van der Waals surface area contributed by atoms with Crippen LogP contribution in [0.25, 0.3) is 6.08 Å². The van der Waals surface area contributed by atoms with Gasteiger partial charge in [-0.15, -0.1) is 0 Å². The van der Waals surface area contributed by atoms with Gasteiger partial charge >= 0.3 is 5.97 Å². The molecule has 0 unspecified atom stereocenters. The number of halogens is 3. The Hall–Kier alpha value is -2.13. The zero-order chi connectivity index (χ0) is 18.4. The summed E-state index contributed by atoms with van der Waals surface area (Å²) in [7, 11) is 0. The van der Waals surface area contributed by atoms with Crippen LogP contribution < -0.4 is 4.74 Å². The zero-order valence-corrected chi connectivity index (χ0v) is 15.3. The fourth-order valence-electron chi connectivity index (χ4n) is 1.85. The second kappa shape index (κ2) is 8.82. The molecule has 130 valence electrons. The van der Waals surface area contributed by atoms with Gasteiger partial charge in [0.05, 0.1) is 16.7 Å². The van der Waals surface area contributed by atoms with E-state index in [-0.39, 0.29) is 34.6 Å². The van der Waals surface area contributed by atoms with E-state index in [1.54, 1.807) is 25.1 Å². The van der Waals surface area contributed by atoms with Gasteiger partial charge in [0.15, 0.2) is 5.75 Å². The summed E-state index contributed by atoms with van der Waals surface area (Å²) < 4.78 is 15.8. The Kier molecular flexibility index (Phi) is 6.77. The van der Waals surface area contributed by atoms with E-state index in [1.165, 1.54) is 18.2 Å². The highest BCUT2D eigenvalue weighted by molar-refractivity contribution is 6.40. The third-order valence-corrected chi connectivity index (χ3v) is 3.69. The van der Waals surface area contributed by atoms with Crippen LogP contribution in [0.1, 0.15) is 18.4 Å². The first-order valence-electron chi connectivity index (χ1n) is 7.09. The molecular weight excluding hydrogens is 389 g/mol. The molecule has 0 fully saturated rings. The van der Waals surface area contributed by atoms with Gasteiger partial charge in [0.25, 0.3) is 0 Å². The highest BCUT2D eigenvalue weighted by Crippen LogP contribution is 2.36. The molecule has 0 aliphatic rings. The summed E-state index contributed by atoms with van der Waals surface area (Å²) in [5, 5.41) is 9.95. The summed E-state index contributed by atoms with van der Waals surface area (Å²) in [6.07, 6.45) is 1.30. The van der Waals surface area contributed by atoms with Crippen molar-refractivity contribution in [1.82, 2.24) is 0 Å². The predicted octanol–water partition coefficient (Wildman–Crippen LogP) is 5.29. The van der Waals surface area contributed by atoms with Gasteiger partial charge in [-0.2, -0.15) is 5.26 Å². The van der Waals surface area contributed by atoms with Crippen LogP contribution in [0.5, 0.6) is 5.75 Å². The number of ether oxygens (including phenoxy) is 2. The van der Waals surface area contributed by atoms with Crippen LogP contribution >= 0.6 is 34.8 Å². The zero-order valence-electron chi connectivity index (χ0n) is 13.0. The number of benzene rings is 1. The van der Waals surface area contributed by atoms with Crippen LogP contribution in [-0.2, 0) is 16.1 Å². The number of carbonyl (C=O) groups is 1. The Bertz CT molecular complexity index is 829. The molecule has 0 aliphatic heterocycles. The fraction of sp³-hybridized carbons (Fsp3) is 0.176. The van der Waals surface area contributed by atoms with Crippen molar-refractivity contribution in [3.05, 3.63) is 56.4 Å². The second-order valence-electron chi connectivity index (χ2n) is 4.68. The summed E-state index contributed by atoms with van der Waals surface area (Å²) in [6, 6.07) is 8.04. The molecule has 8 heteroatoms. The lowest BCUT2D eigenvalue weighted by atomic mass is 10.2. The van der Waals surface area contributed by atoms with Crippen molar-refractivity contribution in [3.8, 4) is 11.8 Å². The second-order valence-corrected chi connectivity index (χ2v) is 5.93. The molecule has 5 nitrogen and oxygen atoms in total. The Morgan fingerprint density at radius 1 is 1.28 bits per heavy atom. The van der Waals surface area contributed by atoms with Crippen molar-refractivity contribution in [2.24, 2.45) is 0 Å². The summed E-state index contributed by atoms with van der Waals surface area (Å²) >= 11 is 17.9. The standard InChI is InChI=1S/C17H12Cl3NO4/c1-2-23-17(22)10(8-21)5-12-3-4-13(25-12)9-24-16-14(19)6-11(18)7-15(16)20/h3-7H,2,9H2,1H3/b10-5+. The maximum atomic E-state index is 11.6. The van der Waals surface area contributed by atoms with E-state index in [0.29, 0.717) is 16.5 Å². The highest BCUT2D eigenvalue weighted by Gasteiger charge is 2.13. The van der Waals surface area contributed by atoms with E-state index < -0.39 is 5.97 Å². The number of hydrogen-bond donors (Lipinski definition) is 0. The summed E-state index contributed by atoms with van der Waals surface area (Å²) in [5.74, 6) is 0.343. The lowest BCUT2D eigenvalue weighted by molar-refractivity contribution is -0.137. The van der Waals surface area contributed by atoms with Crippen molar-refractivity contribution in [1.29, 1.82) is 5.26 Å². The van der Waals surface area contributed by atoms with E-state index in [4.69, 9.17) is 54.0 Å². The van der Waals surface area contributed by atoms with E-state index in [2.05, 4.69) is 0 Å². The molecule has 0 saturated heterocycles. The molecule has 0 bridgehead atoms. The minimum Gasteiger partial charge on any atom is -0.483 e. The first-order valence-corrected chi connectivity index (χ1v) is 8.23. The van der Waals surface area contributed by atoms with Crippen LogP contribution in [0.4, 0.5) is 0 Å². The number of esters is 1. The van der Waals surface area contributed by atoms with Gasteiger partial charge in [-0.05, 0) is 31.2 Å². The lowest BCUT2D eigenvalue weighted by Gasteiger charge is -2.08. The molecule has 2 rings (SSSR count). The smallest absolute Gasteiger partial charge is 0.349 e. The average molecular weight is 401 g/mol. The monoisotopic (exact) mass is 399 g/mol. The molecular formula is C17H12Cl3NO4. The third-order valence-electron chi connectivity index (χ3n) is 2.91. The molecule has 0 atom stereocenters. The minimum atomic E-state index is -0.709. The number of nitrogens with zero attached hydrogens (tertiary/aromatic N) is 1. The van der Waals surface area contributed by atoms with E-state index >= 15 is 0 Å². The van der Waals surface area contributed by atoms with Gasteiger partial charge in [0, 0.05) is 11.1 Å². The molecule has 0 N–H and O–H groups in total. The van der Waals surface area contributed by atoms with Gasteiger partial charge in [-0.1, -0.05) is 34.8 Å². The number of nitriles is 1. The Morgan fingerprint density at radius 3 is 2.56 bits per heavy atom. The Balaban J connectivity index is 2.10. The maximum absolute atomic E-state index is 11.6. The highest BCUT2D eigenvalue weighted by atomic mass is 35.5. The Morgan fingerprint density at radius 2 is 1.96 bits per heavy atom. The summed E-state index contributed by atoms with van der Waals surface area (Å²) in [5.41, 5.74) is -0.160. The van der Waals surface area contributed by atoms with E-state index in [1.807, 2.05) is 0 Å². The topological polar surface area (TPSA) is 72.5 Å². The Labute approximate surface area is 159 Å². The first kappa shape index (κ1) is 19.2. The van der Waals surface area contributed by atoms with Crippen molar-refractivity contribution < 1.29 is 18.7 Å². The fourth-order valence-corrected chi connectivity index (χ4v) is 2.77. The molecule has 2 aromatic rings. The van der Waals surface area contributed by atoms with E-state index in [0.717, 1.165) is 0 Å². The van der Waals surface area contributed by atoms with Gasteiger partial charge in [-0.25, -0.2) is 4.79 Å². The molecule has 1 heterocycles. The molecule has 1 aromatic carbocycles. The summed E-state index contributed by atoms with van der Waals surface area (Å²) in [6.45, 7) is 1.89. The lowest BCUT2D eigenvalue weighted by Crippen LogP contribution is -2.05. The quantitative estimate of drug-likeness (QED) is 0.374. The van der Waals surface area contributed by atoms with Crippen LogP contribution in [0, 0.1) is 11.3 Å². The number of rotatable bonds is 6. The third kappa shape index (κ3) is 5.17. The van der Waals surface area contributed by atoms with Crippen LogP contribution in [-0.4, -0.2) is 12.6 Å². The SMILES string of the molecule is CCOC(=O)/C(C#N)=C/c1ccc(COc2c(Cl)cc(Cl)cc2Cl)o1. The van der Waals surface area contributed by atoms with Gasteiger partial charge in [0.1, 0.15) is 29.8 Å². The minimum absolute atomic E-state index is 0.0518. The van der Waals surface area contributed by atoms with Crippen molar-refractivity contribution in [2.45, 2.75) is 13.5 Å². The van der Waals surface area contributed by atoms with Crippen molar-refractivity contribution in [2.75, 3.05) is 6.61 Å². The average Bonchev–Trinajstić information content (AvgIpc) is 2.99. The van der Waals surface area contributed by atoms with Crippen molar-refractivity contribution >= 4 is 46.8 Å². The molecule has 1 aromatic heterocycles. The van der Waals surface area contributed by atoms with Gasteiger partial charge < -0.3 is 13.9 Å². The molecule has 0 amide bonds. The van der Waals surface area contributed by atoms with Crippen molar-refractivity contribution in [3.63, 3.8) is 0 Å². The van der Waals surface area contributed by atoms with Crippen LogP contribution in [0.2, 0.25) is 15.1 Å². The molecule has 0 aliphatic carbocycles. The molecule has 25 heavy (non-hydrogen) atoms. The van der Waals surface area contributed by atoms with Gasteiger partial charge in [-0.3, -0.25) is 0 Å². The number of carbonyl (C=O) groups excluding carboxylic acids is 1. The molecule has 0 spiro atoms. The van der Waals surface area contributed by atoms with E-state index in [9.17, 15) is 4.79 Å². The first-order chi connectivity index (χ1) is 11.9.